The molecule has 4 nitrogen and oxygen atoms in total. The molecule has 0 spiro atoms. The Morgan fingerprint density at radius 1 is 1.30 bits per heavy atom. The van der Waals surface area contributed by atoms with Crippen molar-refractivity contribution in [3.05, 3.63) is 28.8 Å². The zero-order valence-electron chi connectivity index (χ0n) is 13.0. The zero-order valence-corrected chi connectivity index (χ0v) is 13.0. The average Bonchev–Trinajstić information content (AvgIpc) is 2.41. The quantitative estimate of drug-likeness (QED) is 0.766. The minimum Gasteiger partial charge on any atom is -0.493 e. The van der Waals surface area contributed by atoms with Crippen molar-refractivity contribution in [2.45, 2.75) is 46.6 Å². The largest absolute Gasteiger partial charge is 0.493 e. The summed E-state index contributed by atoms with van der Waals surface area (Å²) in [7, 11) is 0. The summed E-state index contributed by atoms with van der Waals surface area (Å²) in [5, 5.41) is 3.14. The third kappa shape index (κ3) is 4.53. The fourth-order valence-electron chi connectivity index (χ4n) is 2.09. The highest BCUT2D eigenvalue weighted by molar-refractivity contribution is 5.79. The molecule has 0 aliphatic heterocycles. The number of hydrogen-bond acceptors (Lipinski definition) is 3. The van der Waals surface area contributed by atoms with Crippen molar-refractivity contribution in [1.29, 1.82) is 0 Å². The number of nitrogens with two attached hydrogens (primary N) is 1. The first-order valence-electron chi connectivity index (χ1n) is 7.19. The van der Waals surface area contributed by atoms with Crippen LogP contribution in [0.15, 0.2) is 12.1 Å². The van der Waals surface area contributed by atoms with E-state index in [4.69, 9.17) is 10.5 Å². The van der Waals surface area contributed by atoms with Gasteiger partial charge in [0.2, 0.25) is 5.91 Å². The lowest BCUT2D eigenvalue weighted by Gasteiger charge is -2.17. The second-order valence-corrected chi connectivity index (χ2v) is 5.20. The molecule has 0 aliphatic rings. The van der Waals surface area contributed by atoms with E-state index in [1.807, 2.05) is 6.92 Å². The van der Waals surface area contributed by atoms with Gasteiger partial charge in [-0.15, -0.1) is 0 Å². The van der Waals surface area contributed by atoms with Gasteiger partial charge in [-0.05, 0) is 50.4 Å². The maximum absolute atomic E-state index is 11.3. The Morgan fingerprint density at radius 3 is 2.55 bits per heavy atom. The number of carbonyl (C=O) groups is 1. The number of carbonyl (C=O) groups excluding carboxylic acids is 1. The lowest BCUT2D eigenvalue weighted by Crippen LogP contribution is -2.42. The van der Waals surface area contributed by atoms with Crippen LogP contribution < -0.4 is 15.8 Å². The monoisotopic (exact) mass is 278 g/mol. The Morgan fingerprint density at radius 2 is 1.95 bits per heavy atom. The summed E-state index contributed by atoms with van der Waals surface area (Å²) in [5.41, 5.74) is 8.86. The van der Waals surface area contributed by atoms with Crippen LogP contribution in [0.3, 0.4) is 0 Å². The summed E-state index contributed by atoms with van der Waals surface area (Å²) in [6.45, 7) is 9.48. The molecular formula is C16H26N2O2. The molecular weight excluding hydrogens is 252 g/mol. The Kier molecular flexibility index (Phi) is 6.52. The third-order valence-electron chi connectivity index (χ3n) is 3.51. The first kappa shape index (κ1) is 16.5. The third-order valence-corrected chi connectivity index (χ3v) is 3.51. The van der Waals surface area contributed by atoms with Crippen LogP contribution in [0.2, 0.25) is 0 Å². The van der Waals surface area contributed by atoms with Crippen LogP contribution in [-0.4, -0.2) is 25.1 Å². The summed E-state index contributed by atoms with van der Waals surface area (Å²) < 4.78 is 5.86. The Balaban J connectivity index is 2.59. The minimum atomic E-state index is -0.320. The number of benzene rings is 1. The van der Waals surface area contributed by atoms with E-state index in [0.29, 0.717) is 13.0 Å². The molecule has 112 valence electrons. The lowest BCUT2D eigenvalue weighted by molar-refractivity contribution is -0.120. The highest BCUT2D eigenvalue weighted by Gasteiger charge is 2.14. The maximum atomic E-state index is 11.3. The molecule has 1 amide bonds. The smallest absolute Gasteiger partial charge is 0.234 e. The fraction of sp³-hybridized carbons (Fsp3) is 0.562. The number of hydrogen-bond donors (Lipinski definition) is 2. The van der Waals surface area contributed by atoms with Crippen molar-refractivity contribution < 1.29 is 9.53 Å². The molecule has 1 rings (SSSR count). The van der Waals surface area contributed by atoms with Gasteiger partial charge < -0.3 is 15.8 Å². The predicted molar refractivity (Wildman–Crippen MR) is 82.0 cm³/mol. The number of primary amides is 1. The molecule has 0 saturated heterocycles. The minimum absolute atomic E-state index is 0.319. The number of nitrogens with one attached hydrogen (secondary N) is 1. The van der Waals surface area contributed by atoms with Crippen LogP contribution in [0.1, 0.15) is 36.5 Å². The summed E-state index contributed by atoms with van der Waals surface area (Å²) in [4.78, 5) is 11.3. The van der Waals surface area contributed by atoms with E-state index in [2.05, 4.69) is 38.2 Å². The predicted octanol–water partition coefficient (Wildman–Crippen LogP) is 2.23. The first-order chi connectivity index (χ1) is 9.47. The van der Waals surface area contributed by atoms with Gasteiger partial charge in [0.05, 0.1) is 12.6 Å². The van der Waals surface area contributed by atoms with Gasteiger partial charge in [-0.3, -0.25) is 4.79 Å². The topological polar surface area (TPSA) is 64.3 Å². The van der Waals surface area contributed by atoms with E-state index in [9.17, 15) is 4.79 Å². The van der Waals surface area contributed by atoms with Gasteiger partial charge in [0.25, 0.3) is 0 Å². The van der Waals surface area contributed by atoms with Gasteiger partial charge in [-0.1, -0.05) is 19.1 Å². The lowest BCUT2D eigenvalue weighted by atomic mass is 10.1. The molecule has 0 bridgehead atoms. The van der Waals surface area contributed by atoms with Crippen LogP contribution >= 0.6 is 0 Å². The van der Waals surface area contributed by atoms with Crippen LogP contribution in [0.5, 0.6) is 5.75 Å². The van der Waals surface area contributed by atoms with Gasteiger partial charge in [0, 0.05) is 6.42 Å². The average molecular weight is 278 g/mol. The van der Waals surface area contributed by atoms with Crippen molar-refractivity contribution in [3.8, 4) is 5.75 Å². The maximum Gasteiger partial charge on any atom is 0.234 e. The highest BCUT2D eigenvalue weighted by Crippen LogP contribution is 2.25. The molecule has 0 aromatic heterocycles. The van der Waals surface area contributed by atoms with Crippen molar-refractivity contribution in [2.75, 3.05) is 13.2 Å². The molecule has 0 radical (unpaired) electrons. The molecule has 0 heterocycles. The number of rotatable bonds is 8. The second-order valence-electron chi connectivity index (χ2n) is 5.20. The molecule has 0 fully saturated rings. The van der Waals surface area contributed by atoms with Gasteiger partial charge in [0.1, 0.15) is 5.75 Å². The molecule has 20 heavy (non-hydrogen) atoms. The summed E-state index contributed by atoms with van der Waals surface area (Å²) >= 11 is 0. The molecule has 0 saturated carbocycles. The number of amides is 1. The van der Waals surface area contributed by atoms with Crippen LogP contribution in [0.25, 0.3) is 0 Å². The SMILES string of the molecule is CCCNC(CCOc1c(C)ccc(C)c1C)C(N)=O. The van der Waals surface area contributed by atoms with Crippen molar-refractivity contribution in [3.63, 3.8) is 0 Å². The molecule has 0 aliphatic carbocycles. The van der Waals surface area contributed by atoms with Crippen molar-refractivity contribution in [2.24, 2.45) is 5.73 Å². The van der Waals surface area contributed by atoms with E-state index in [-0.39, 0.29) is 11.9 Å². The zero-order chi connectivity index (χ0) is 15.1. The molecule has 4 heteroatoms. The summed E-state index contributed by atoms with van der Waals surface area (Å²) in [6, 6.07) is 3.82. The molecule has 1 atom stereocenters. The Labute approximate surface area is 121 Å². The number of ether oxygens (including phenoxy) is 1. The van der Waals surface area contributed by atoms with Gasteiger partial charge in [-0.2, -0.15) is 0 Å². The molecule has 1 aromatic rings. The standard InChI is InChI=1S/C16H26N2O2/c1-5-9-18-14(16(17)19)8-10-20-15-12(3)7-6-11(2)13(15)4/h6-7,14,18H,5,8-10H2,1-4H3,(H2,17,19). The normalized spacial score (nSPS) is 12.2. The van der Waals surface area contributed by atoms with Gasteiger partial charge in [-0.25, -0.2) is 0 Å². The van der Waals surface area contributed by atoms with E-state index in [1.54, 1.807) is 0 Å². The Bertz CT molecular complexity index is 458. The van der Waals surface area contributed by atoms with Gasteiger partial charge in [0.15, 0.2) is 0 Å². The van der Waals surface area contributed by atoms with E-state index in [0.717, 1.165) is 29.8 Å². The van der Waals surface area contributed by atoms with Crippen LogP contribution in [-0.2, 0) is 4.79 Å². The van der Waals surface area contributed by atoms with E-state index < -0.39 is 0 Å². The number of aryl methyl sites for hydroxylation is 2. The van der Waals surface area contributed by atoms with E-state index in [1.165, 1.54) is 5.56 Å². The second kappa shape index (κ2) is 7.90. The van der Waals surface area contributed by atoms with Gasteiger partial charge >= 0.3 is 0 Å². The van der Waals surface area contributed by atoms with Crippen LogP contribution in [0.4, 0.5) is 0 Å². The van der Waals surface area contributed by atoms with Crippen molar-refractivity contribution >= 4 is 5.91 Å². The Hall–Kier alpha value is -1.55. The molecule has 1 aromatic carbocycles. The summed E-state index contributed by atoms with van der Waals surface area (Å²) in [6.07, 6.45) is 1.56. The molecule has 1 unspecified atom stereocenters. The summed E-state index contributed by atoms with van der Waals surface area (Å²) in [5.74, 6) is 0.600. The van der Waals surface area contributed by atoms with E-state index >= 15 is 0 Å². The van der Waals surface area contributed by atoms with Crippen LogP contribution in [0, 0.1) is 20.8 Å². The molecule has 3 N–H and O–H groups in total. The highest BCUT2D eigenvalue weighted by atomic mass is 16.5. The fourth-order valence-corrected chi connectivity index (χ4v) is 2.09. The first-order valence-corrected chi connectivity index (χ1v) is 7.19. The van der Waals surface area contributed by atoms with Crippen molar-refractivity contribution in [1.82, 2.24) is 5.32 Å².